The van der Waals surface area contributed by atoms with Crippen molar-refractivity contribution in [1.82, 2.24) is 9.97 Å². The summed E-state index contributed by atoms with van der Waals surface area (Å²) in [5.74, 6) is 1.15. The molecule has 0 bridgehead atoms. The Morgan fingerprint density at radius 1 is 0.958 bits per heavy atom. The van der Waals surface area contributed by atoms with Gasteiger partial charge in [-0.3, -0.25) is 0 Å². The van der Waals surface area contributed by atoms with E-state index in [2.05, 4.69) is 39.7 Å². The lowest BCUT2D eigenvalue weighted by atomic mass is 10.1. The van der Waals surface area contributed by atoms with E-state index in [9.17, 15) is 0 Å². The van der Waals surface area contributed by atoms with Crippen LogP contribution in [0.4, 0.5) is 17.5 Å². The first-order valence-corrected chi connectivity index (χ1v) is 8.21. The molecule has 0 unspecified atom stereocenters. The van der Waals surface area contributed by atoms with E-state index in [-0.39, 0.29) is 0 Å². The van der Waals surface area contributed by atoms with Gasteiger partial charge in [-0.1, -0.05) is 53.5 Å². The molecule has 4 nitrogen and oxygen atoms in total. The molecule has 1 heterocycles. The van der Waals surface area contributed by atoms with Crippen molar-refractivity contribution in [2.24, 2.45) is 0 Å². The van der Waals surface area contributed by atoms with Gasteiger partial charge in [0.15, 0.2) is 0 Å². The molecular formula is C18H16Cl2N4. The summed E-state index contributed by atoms with van der Waals surface area (Å²) < 4.78 is 0. The first-order valence-electron chi connectivity index (χ1n) is 7.46. The Hall–Kier alpha value is -2.30. The number of hydrogen-bond acceptors (Lipinski definition) is 4. The molecule has 3 rings (SSSR count). The summed E-state index contributed by atoms with van der Waals surface area (Å²) in [6, 6.07) is 15.3. The molecule has 2 N–H and O–H groups in total. The first-order chi connectivity index (χ1) is 11.6. The summed E-state index contributed by atoms with van der Waals surface area (Å²) >= 11 is 12.3. The Morgan fingerprint density at radius 2 is 1.71 bits per heavy atom. The van der Waals surface area contributed by atoms with Crippen molar-refractivity contribution in [2.75, 3.05) is 10.6 Å². The highest BCUT2D eigenvalue weighted by Gasteiger charge is 2.07. The number of aryl methyl sites for hydroxylation is 1. The van der Waals surface area contributed by atoms with Crippen LogP contribution in [0, 0.1) is 6.92 Å². The van der Waals surface area contributed by atoms with Crippen LogP contribution in [0.3, 0.4) is 0 Å². The Balaban J connectivity index is 1.74. The third-order valence-corrected chi connectivity index (χ3v) is 4.20. The van der Waals surface area contributed by atoms with Crippen molar-refractivity contribution in [3.63, 3.8) is 0 Å². The second kappa shape index (κ2) is 7.51. The average Bonchev–Trinajstić information content (AvgIpc) is 2.58. The van der Waals surface area contributed by atoms with E-state index in [1.54, 1.807) is 30.5 Å². The van der Waals surface area contributed by atoms with Crippen LogP contribution in [-0.2, 0) is 6.54 Å². The summed E-state index contributed by atoms with van der Waals surface area (Å²) in [6.45, 7) is 2.73. The quantitative estimate of drug-likeness (QED) is 0.636. The lowest BCUT2D eigenvalue weighted by Crippen LogP contribution is -2.06. The maximum Gasteiger partial charge on any atom is 0.224 e. The SMILES string of the molecule is Cc1ccccc1CNc1nccc(Nc2c(Cl)cccc2Cl)n1. The number of halogens is 2. The Kier molecular flexibility index (Phi) is 5.18. The third kappa shape index (κ3) is 3.96. The Bertz CT molecular complexity index is 832. The van der Waals surface area contributed by atoms with Crippen LogP contribution in [0.2, 0.25) is 10.0 Å². The van der Waals surface area contributed by atoms with Crippen molar-refractivity contribution in [1.29, 1.82) is 0 Å². The largest absolute Gasteiger partial charge is 0.350 e. The highest BCUT2D eigenvalue weighted by Crippen LogP contribution is 2.32. The lowest BCUT2D eigenvalue weighted by Gasteiger charge is -2.11. The van der Waals surface area contributed by atoms with E-state index < -0.39 is 0 Å². The number of para-hydroxylation sites is 1. The zero-order valence-corrected chi connectivity index (χ0v) is 14.6. The summed E-state index contributed by atoms with van der Waals surface area (Å²) in [5, 5.41) is 7.44. The van der Waals surface area contributed by atoms with Crippen LogP contribution in [0.5, 0.6) is 0 Å². The smallest absolute Gasteiger partial charge is 0.224 e. The third-order valence-electron chi connectivity index (χ3n) is 3.57. The predicted molar refractivity (Wildman–Crippen MR) is 100 cm³/mol. The van der Waals surface area contributed by atoms with E-state index in [1.165, 1.54) is 11.1 Å². The number of aromatic nitrogens is 2. The number of hydrogen-bond donors (Lipinski definition) is 2. The molecule has 0 atom stereocenters. The highest BCUT2D eigenvalue weighted by atomic mass is 35.5. The molecule has 0 fully saturated rings. The van der Waals surface area contributed by atoms with Crippen LogP contribution in [0.25, 0.3) is 0 Å². The van der Waals surface area contributed by atoms with E-state index >= 15 is 0 Å². The minimum Gasteiger partial charge on any atom is -0.350 e. The zero-order chi connectivity index (χ0) is 16.9. The molecule has 0 aliphatic rings. The minimum atomic E-state index is 0.534. The van der Waals surface area contributed by atoms with E-state index in [0.717, 1.165) is 0 Å². The number of nitrogens with zero attached hydrogens (tertiary/aromatic N) is 2. The molecule has 0 aliphatic heterocycles. The molecule has 122 valence electrons. The van der Waals surface area contributed by atoms with Gasteiger partial charge in [-0.05, 0) is 36.2 Å². The lowest BCUT2D eigenvalue weighted by molar-refractivity contribution is 1.04. The minimum absolute atomic E-state index is 0.534. The van der Waals surface area contributed by atoms with Gasteiger partial charge in [-0.25, -0.2) is 4.98 Å². The Labute approximate surface area is 150 Å². The van der Waals surface area contributed by atoms with Gasteiger partial charge in [-0.2, -0.15) is 4.98 Å². The summed E-state index contributed by atoms with van der Waals surface area (Å²) in [4.78, 5) is 8.69. The predicted octanol–water partition coefficient (Wildman–Crippen LogP) is 5.45. The van der Waals surface area contributed by atoms with E-state index in [0.29, 0.717) is 34.0 Å². The van der Waals surface area contributed by atoms with Crippen molar-refractivity contribution < 1.29 is 0 Å². The number of benzene rings is 2. The van der Waals surface area contributed by atoms with Gasteiger partial charge in [0.2, 0.25) is 5.95 Å². The van der Waals surface area contributed by atoms with Crippen LogP contribution in [0.1, 0.15) is 11.1 Å². The standard InChI is InChI=1S/C18H16Cl2N4/c1-12-5-2-3-6-13(12)11-22-18-21-10-9-16(24-18)23-17-14(19)7-4-8-15(17)20/h2-10H,11H2,1H3,(H2,21,22,23,24). The summed E-state index contributed by atoms with van der Waals surface area (Å²) in [5.41, 5.74) is 3.06. The highest BCUT2D eigenvalue weighted by molar-refractivity contribution is 6.39. The van der Waals surface area contributed by atoms with Gasteiger partial charge in [0, 0.05) is 12.7 Å². The van der Waals surface area contributed by atoms with Crippen molar-refractivity contribution in [3.05, 3.63) is 75.9 Å². The van der Waals surface area contributed by atoms with E-state index in [4.69, 9.17) is 23.2 Å². The number of nitrogens with one attached hydrogen (secondary N) is 2. The molecule has 2 aromatic carbocycles. The maximum absolute atomic E-state index is 6.17. The second-order valence-electron chi connectivity index (χ2n) is 5.27. The molecule has 0 saturated carbocycles. The van der Waals surface area contributed by atoms with Crippen molar-refractivity contribution >= 4 is 40.7 Å². The van der Waals surface area contributed by atoms with Crippen LogP contribution in [0.15, 0.2) is 54.7 Å². The van der Waals surface area contributed by atoms with Crippen molar-refractivity contribution in [2.45, 2.75) is 13.5 Å². The molecule has 6 heteroatoms. The van der Waals surface area contributed by atoms with Crippen LogP contribution in [-0.4, -0.2) is 9.97 Å². The molecule has 0 saturated heterocycles. The first kappa shape index (κ1) is 16.6. The van der Waals surface area contributed by atoms with Gasteiger partial charge < -0.3 is 10.6 Å². The molecule has 1 aromatic heterocycles. The number of rotatable bonds is 5. The fraction of sp³-hybridized carbons (Fsp3) is 0.111. The van der Waals surface area contributed by atoms with Gasteiger partial charge in [-0.15, -0.1) is 0 Å². The van der Waals surface area contributed by atoms with Crippen LogP contribution >= 0.6 is 23.2 Å². The van der Waals surface area contributed by atoms with Crippen molar-refractivity contribution in [3.8, 4) is 0 Å². The zero-order valence-electron chi connectivity index (χ0n) is 13.1. The molecule has 0 aliphatic carbocycles. The second-order valence-corrected chi connectivity index (χ2v) is 6.08. The molecule has 0 radical (unpaired) electrons. The van der Waals surface area contributed by atoms with E-state index in [1.807, 2.05) is 12.1 Å². The van der Waals surface area contributed by atoms with Gasteiger partial charge >= 0.3 is 0 Å². The fourth-order valence-electron chi connectivity index (χ4n) is 2.24. The number of anilines is 3. The average molecular weight is 359 g/mol. The Morgan fingerprint density at radius 3 is 2.46 bits per heavy atom. The van der Waals surface area contributed by atoms with Crippen LogP contribution < -0.4 is 10.6 Å². The molecule has 3 aromatic rings. The monoisotopic (exact) mass is 358 g/mol. The van der Waals surface area contributed by atoms with Gasteiger partial charge in [0.1, 0.15) is 5.82 Å². The van der Waals surface area contributed by atoms with Gasteiger partial charge in [0.05, 0.1) is 15.7 Å². The van der Waals surface area contributed by atoms with Gasteiger partial charge in [0.25, 0.3) is 0 Å². The molecular weight excluding hydrogens is 343 g/mol. The molecule has 0 amide bonds. The fourth-order valence-corrected chi connectivity index (χ4v) is 2.73. The molecule has 0 spiro atoms. The summed E-state index contributed by atoms with van der Waals surface area (Å²) in [6.07, 6.45) is 1.68. The molecule has 24 heavy (non-hydrogen) atoms. The summed E-state index contributed by atoms with van der Waals surface area (Å²) in [7, 11) is 0. The maximum atomic E-state index is 6.17. The normalized spacial score (nSPS) is 10.5. The topological polar surface area (TPSA) is 49.8 Å².